The second-order valence-electron chi connectivity index (χ2n) is 4.91. The fraction of sp³-hybridized carbons (Fsp3) is 0.917. The zero-order valence-corrected chi connectivity index (χ0v) is 13.9. The van der Waals surface area contributed by atoms with Gasteiger partial charge in [-0.1, -0.05) is 0 Å². The average molecular weight is 369 g/mol. The Hall–Kier alpha value is 0.350. The van der Waals surface area contributed by atoms with Crippen molar-refractivity contribution in [1.82, 2.24) is 10.6 Å². The van der Waals surface area contributed by atoms with Crippen molar-refractivity contribution < 1.29 is 0 Å². The fourth-order valence-electron chi connectivity index (χ4n) is 2.24. The van der Waals surface area contributed by atoms with Gasteiger partial charge >= 0.3 is 0 Å². The van der Waals surface area contributed by atoms with Crippen LogP contribution in [-0.2, 0) is 0 Å². The Morgan fingerprint density at radius 1 is 1.29 bits per heavy atom. The van der Waals surface area contributed by atoms with E-state index in [0.29, 0.717) is 6.04 Å². The van der Waals surface area contributed by atoms with Crippen molar-refractivity contribution in [2.24, 2.45) is 10.9 Å². The molecular weight excluding hydrogens is 345 g/mol. The maximum atomic E-state index is 4.29. The van der Waals surface area contributed by atoms with E-state index in [1.807, 2.05) is 18.8 Å². The third kappa shape index (κ3) is 5.24. The van der Waals surface area contributed by atoms with E-state index < -0.39 is 0 Å². The molecule has 0 saturated heterocycles. The highest BCUT2D eigenvalue weighted by Gasteiger charge is 2.25. The normalized spacial score (nSPS) is 28.7. The minimum Gasteiger partial charge on any atom is -0.356 e. The standard InChI is InChI=1S/C12H23N3S.HI/c1-13-12(14-8-9-3-4-9)15-10-5-6-11(7-10)16-2;/h9-11H,3-8H2,1-2H3,(H2,13,14,15);1H. The van der Waals surface area contributed by atoms with Crippen LogP contribution in [0.5, 0.6) is 0 Å². The van der Waals surface area contributed by atoms with E-state index in [1.54, 1.807) is 0 Å². The molecular formula is C12H24IN3S. The van der Waals surface area contributed by atoms with Crippen molar-refractivity contribution in [3.05, 3.63) is 0 Å². The van der Waals surface area contributed by atoms with E-state index in [1.165, 1.54) is 32.1 Å². The molecule has 2 aliphatic rings. The van der Waals surface area contributed by atoms with E-state index in [9.17, 15) is 0 Å². The molecule has 0 aliphatic heterocycles. The van der Waals surface area contributed by atoms with Gasteiger partial charge in [-0.2, -0.15) is 11.8 Å². The molecule has 2 rings (SSSR count). The molecule has 2 N–H and O–H groups in total. The van der Waals surface area contributed by atoms with Crippen molar-refractivity contribution in [2.75, 3.05) is 19.8 Å². The number of nitrogens with one attached hydrogen (secondary N) is 2. The third-order valence-electron chi connectivity index (χ3n) is 3.54. The van der Waals surface area contributed by atoms with Gasteiger partial charge in [0, 0.05) is 24.9 Å². The van der Waals surface area contributed by atoms with Gasteiger partial charge in [0.2, 0.25) is 0 Å². The van der Waals surface area contributed by atoms with Crippen molar-refractivity contribution >= 4 is 41.7 Å². The summed E-state index contributed by atoms with van der Waals surface area (Å²) in [7, 11) is 1.86. The number of thioether (sulfide) groups is 1. The molecule has 0 radical (unpaired) electrons. The molecule has 2 fully saturated rings. The number of hydrogen-bond acceptors (Lipinski definition) is 2. The Kier molecular flexibility index (Phi) is 6.99. The van der Waals surface area contributed by atoms with Gasteiger partial charge in [-0.15, -0.1) is 24.0 Å². The summed E-state index contributed by atoms with van der Waals surface area (Å²) < 4.78 is 0. The smallest absolute Gasteiger partial charge is 0.191 e. The van der Waals surface area contributed by atoms with Crippen molar-refractivity contribution in [1.29, 1.82) is 0 Å². The summed E-state index contributed by atoms with van der Waals surface area (Å²) in [5.74, 6) is 1.90. The highest BCUT2D eigenvalue weighted by molar-refractivity contribution is 14.0. The lowest BCUT2D eigenvalue weighted by molar-refractivity contribution is 0.610. The molecule has 100 valence electrons. The minimum absolute atomic E-state index is 0. The van der Waals surface area contributed by atoms with Crippen LogP contribution in [0.1, 0.15) is 32.1 Å². The number of guanidine groups is 1. The number of nitrogens with zero attached hydrogens (tertiary/aromatic N) is 1. The molecule has 2 aliphatic carbocycles. The first kappa shape index (κ1) is 15.4. The summed E-state index contributed by atoms with van der Waals surface area (Å²) in [6, 6.07) is 0.628. The molecule has 0 bridgehead atoms. The molecule has 0 aromatic rings. The van der Waals surface area contributed by atoms with Crippen LogP contribution < -0.4 is 10.6 Å². The molecule has 2 atom stereocenters. The van der Waals surface area contributed by atoms with Crippen molar-refractivity contribution in [2.45, 2.75) is 43.4 Å². The van der Waals surface area contributed by atoms with Gasteiger partial charge in [0.1, 0.15) is 0 Å². The lowest BCUT2D eigenvalue weighted by Crippen LogP contribution is -2.43. The maximum Gasteiger partial charge on any atom is 0.191 e. The van der Waals surface area contributed by atoms with E-state index in [0.717, 1.165) is 23.7 Å². The quantitative estimate of drug-likeness (QED) is 0.454. The molecule has 0 aromatic carbocycles. The lowest BCUT2D eigenvalue weighted by atomic mass is 10.2. The summed E-state index contributed by atoms with van der Waals surface area (Å²) in [5.41, 5.74) is 0. The first-order chi connectivity index (χ1) is 7.81. The number of aliphatic imine (C=N–C) groups is 1. The van der Waals surface area contributed by atoms with Gasteiger partial charge in [0.25, 0.3) is 0 Å². The highest BCUT2D eigenvalue weighted by atomic mass is 127. The summed E-state index contributed by atoms with van der Waals surface area (Å²) in [5, 5.41) is 7.81. The van der Waals surface area contributed by atoms with Crippen LogP contribution in [0.4, 0.5) is 0 Å². The Morgan fingerprint density at radius 3 is 2.59 bits per heavy atom. The summed E-state index contributed by atoms with van der Waals surface area (Å²) in [6.07, 6.45) is 8.91. The maximum absolute atomic E-state index is 4.29. The van der Waals surface area contributed by atoms with Crippen LogP contribution >= 0.6 is 35.7 Å². The van der Waals surface area contributed by atoms with Crippen LogP contribution in [0.25, 0.3) is 0 Å². The zero-order chi connectivity index (χ0) is 11.4. The Balaban J connectivity index is 0.00000144. The van der Waals surface area contributed by atoms with Crippen LogP contribution in [0.15, 0.2) is 4.99 Å². The highest BCUT2D eigenvalue weighted by Crippen LogP contribution is 2.28. The Morgan fingerprint density at radius 2 is 2.06 bits per heavy atom. The second-order valence-corrected chi connectivity index (χ2v) is 6.05. The molecule has 0 heterocycles. The predicted molar refractivity (Wildman–Crippen MR) is 87.6 cm³/mol. The third-order valence-corrected chi connectivity index (χ3v) is 4.63. The van der Waals surface area contributed by atoms with Gasteiger partial charge < -0.3 is 10.6 Å². The van der Waals surface area contributed by atoms with Gasteiger partial charge in [-0.3, -0.25) is 4.99 Å². The first-order valence-electron chi connectivity index (χ1n) is 6.31. The molecule has 2 saturated carbocycles. The molecule has 17 heavy (non-hydrogen) atoms. The summed E-state index contributed by atoms with van der Waals surface area (Å²) >= 11 is 2.00. The number of hydrogen-bond donors (Lipinski definition) is 2. The van der Waals surface area contributed by atoms with Crippen LogP contribution in [0.3, 0.4) is 0 Å². The zero-order valence-electron chi connectivity index (χ0n) is 10.7. The van der Waals surface area contributed by atoms with Gasteiger partial charge in [0.15, 0.2) is 5.96 Å². The monoisotopic (exact) mass is 369 g/mol. The largest absolute Gasteiger partial charge is 0.356 e. The van der Waals surface area contributed by atoms with Gasteiger partial charge in [-0.25, -0.2) is 0 Å². The van der Waals surface area contributed by atoms with Crippen molar-refractivity contribution in [3.8, 4) is 0 Å². The molecule has 3 nitrogen and oxygen atoms in total. The first-order valence-corrected chi connectivity index (χ1v) is 7.60. The summed E-state index contributed by atoms with van der Waals surface area (Å²) in [6.45, 7) is 1.10. The molecule has 0 amide bonds. The molecule has 0 aromatic heterocycles. The van der Waals surface area contributed by atoms with Gasteiger partial charge in [0.05, 0.1) is 0 Å². The Bertz CT molecular complexity index is 256. The SMILES string of the molecule is CN=C(NCC1CC1)NC1CCC(SC)C1.I. The van der Waals surface area contributed by atoms with E-state index in [-0.39, 0.29) is 24.0 Å². The van der Waals surface area contributed by atoms with E-state index in [4.69, 9.17) is 0 Å². The van der Waals surface area contributed by atoms with Crippen LogP contribution in [0, 0.1) is 5.92 Å². The molecule has 0 spiro atoms. The summed E-state index contributed by atoms with van der Waals surface area (Å²) in [4.78, 5) is 4.29. The van der Waals surface area contributed by atoms with E-state index >= 15 is 0 Å². The number of rotatable bonds is 4. The van der Waals surface area contributed by atoms with Crippen LogP contribution in [-0.4, -0.2) is 37.1 Å². The predicted octanol–water partition coefficient (Wildman–Crippen LogP) is 2.46. The average Bonchev–Trinajstić information content (AvgIpc) is 3.03. The van der Waals surface area contributed by atoms with Crippen molar-refractivity contribution in [3.63, 3.8) is 0 Å². The van der Waals surface area contributed by atoms with Gasteiger partial charge in [-0.05, 0) is 44.3 Å². The van der Waals surface area contributed by atoms with Crippen LogP contribution in [0.2, 0.25) is 0 Å². The number of halogens is 1. The topological polar surface area (TPSA) is 36.4 Å². The molecule has 5 heteroatoms. The second kappa shape index (κ2) is 7.71. The molecule has 2 unspecified atom stereocenters. The minimum atomic E-state index is 0. The lowest BCUT2D eigenvalue weighted by Gasteiger charge is -2.17. The Labute approximate surface area is 126 Å². The fourth-order valence-corrected chi connectivity index (χ4v) is 3.03. The van der Waals surface area contributed by atoms with E-state index in [2.05, 4.69) is 21.9 Å².